The van der Waals surface area contributed by atoms with Crippen molar-refractivity contribution in [1.82, 2.24) is 9.88 Å². The van der Waals surface area contributed by atoms with Crippen LogP contribution in [0.2, 0.25) is 5.02 Å². The van der Waals surface area contributed by atoms with Crippen LogP contribution in [0.25, 0.3) is 0 Å². The van der Waals surface area contributed by atoms with Crippen LogP contribution in [0, 0.1) is 5.41 Å². The minimum absolute atomic E-state index is 0.0296. The Hall–Kier alpha value is -1.29. The lowest BCUT2D eigenvalue weighted by Crippen LogP contribution is -2.41. The Balaban J connectivity index is 2.04. The second-order valence-electron chi connectivity index (χ2n) is 6.44. The maximum Gasteiger partial charge on any atom is 0.255 e. The number of carbonyl (C=O) groups excluding carboxylic acids is 1. The monoisotopic (exact) mass is 309 g/mol. The molecule has 0 unspecified atom stereocenters. The van der Waals surface area contributed by atoms with Crippen LogP contribution in [0.5, 0.6) is 0 Å². The van der Waals surface area contributed by atoms with E-state index >= 15 is 0 Å². The van der Waals surface area contributed by atoms with E-state index in [-0.39, 0.29) is 5.91 Å². The zero-order valence-corrected chi connectivity index (χ0v) is 13.8. The molecule has 1 fully saturated rings. The fourth-order valence-electron chi connectivity index (χ4n) is 2.43. The molecule has 0 atom stereocenters. The number of piperidine rings is 1. The van der Waals surface area contributed by atoms with Crippen LogP contribution < -0.4 is 5.32 Å². The molecule has 1 amide bonds. The van der Waals surface area contributed by atoms with Crippen molar-refractivity contribution in [1.29, 1.82) is 0 Å². The van der Waals surface area contributed by atoms with Gasteiger partial charge in [0.25, 0.3) is 5.91 Å². The van der Waals surface area contributed by atoms with Gasteiger partial charge in [-0.3, -0.25) is 4.79 Å². The molecule has 0 spiro atoms. The molecule has 0 radical (unpaired) electrons. The van der Waals surface area contributed by atoms with Gasteiger partial charge >= 0.3 is 0 Å². The molecule has 0 saturated carbocycles. The molecule has 2 heterocycles. The van der Waals surface area contributed by atoms with Gasteiger partial charge in [0.15, 0.2) is 0 Å². The van der Waals surface area contributed by atoms with Crippen molar-refractivity contribution in [3.05, 3.63) is 22.8 Å². The van der Waals surface area contributed by atoms with Gasteiger partial charge in [-0.25, -0.2) is 4.98 Å². The molecular formula is C16H24ClN3O. The van der Waals surface area contributed by atoms with Crippen molar-refractivity contribution in [2.45, 2.75) is 40.0 Å². The van der Waals surface area contributed by atoms with Crippen molar-refractivity contribution in [2.75, 3.05) is 25.0 Å². The van der Waals surface area contributed by atoms with E-state index in [9.17, 15) is 4.79 Å². The second-order valence-corrected chi connectivity index (χ2v) is 6.84. The number of hydrogen-bond acceptors (Lipinski definition) is 3. The molecule has 1 aromatic rings. The van der Waals surface area contributed by atoms with Crippen LogP contribution >= 0.6 is 11.6 Å². The van der Waals surface area contributed by atoms with Crippen LogP contribution in [0.1, 0.15) is 50.4 Å². The van der Waals surface area contributed by atoms with Crippen molar-refractivity contribution in [3.63, 3.8) is 0 Å². The summed E-state index contributed by atoms with van der Waals surface area (Å²) in [5, 5.41) is 3.66. The van der Waals surface area contributed by atoms with Crippen LogP contribution in [-0.2, 0) is 0 Å². The second kappa shape index (κ2) is 6.65. The van der Waals surface area contributed by atoms with E-state index in [1.165, 1.54) is 0 Å². The number of likely N-dealkylation sites (tertiary alicyclic amines) is 1. The lowest BCUT2D eigenvalue weighted by atomic mass is 9.82. The van der Waals surface area contributed by atoms with Gasteiger partial charge in [-0.15, -0.1) is 0 Å². The molecular weight excluding hydrogens is 286 g/mol. The lowest BCUT2D eigenvalue weighted by Gasteiger charge is -2.36. The fourth-order valence-corrected chi connectivity index (χ4v) is 2.66. The topological polar surface area (TPSA) is 45.2 Å². The van der Waals surface area contributed by atoms with Crippen molar-refractivity contribution < 1.29 is 4.79 Å². The largest absolute Gasteiger partial charge is 0.369 e. The molecule has 4 nitrogen and oxygen atoms in total. The maximum atomic E-state index is 12.5. The Morgan fingerprint density at radius 2 is 2.10 bits per heavy atom. The van der Waals surface area contributed by atoms with Crippen LogP contribution in [0.3, 0.4) is 0 Å². The summed E-state index contributed by atoms with van der Waals surface area (Å²) in [7, 11) is 0. The zero-order valence-electron chi connectivity index (χ0n) is 13.1. The summed E-state index contributed by atoms with van der Waals surface area (Å²) in [4.78, 5) is 18.7. The maximum absolute atomic E-state index is 12.5. The molecule has 21 heavy (non-hydrogen) atoms. The third-order valence-electron chi connectivity index (χ3n) is 4.03. The number of nitrogens with one attached hydrogen (secondary N) is 1. The molecule has 1 N–H and O–H groups in total. The number of aromatic nitrogens is 1. The first-order valence-electron chi connectivity index (χ1n) is 7.61. The van der Waals surface area contributed by atoms with E-state index in [0.717, 1.165) is 38.9 Å². The van der Waals surface area contributed by atoms with Gasteiger partial charge < -0.3 is 10.2 Å². The van der Waals surface area contributed by atoms with Gasteiger partial charge in [-0.05, 0) is 30.7 Å². The summed E-state index contributed by atoms with van der Waals surface area (Å²) in [5.74, 6) is 0.678. The van der Waals surface area contributed by atoms with E-state index in [4.69, 9.17) is 11.6 Å². The van der Waals surface area contributed by atoms with Crippen LogP contribution in [0.4, 0.5) is 5.82 Å². The zero-order chi connectivity index (χ0) is 15.5. The molecule has 0 aromatic carbocycles. The summed E-state index contributed by atoms with van der Waals surface area (Å²) in [5.41, 5.74) is 0.905. The molecule has 116 valence electrons. The van der Waals surface area contributed by atoms with Gasteiger partial charge in [0, 0.05) is 25.8 Å². The summed E-state index contributed by atoms with van der Waals surface area (Å²) >= 11 is 6.20. The molecule has 1 aromatic heterocycles. The fraction of sp³-hybridized carbons (Fsp3) is 0.625. The predicted molar refractivity (Wildman–Crippen MR) is 86.9 cm³/mol. The number of nitrogens with zero attached hydrogens (tertiary/aromatic N) is 2. The Morgan fingerprint density at radius 3 is 2.67 bits per heavy atom. The molecule has 5 heteroatoms. The molecule has 0 bridgehead atoms. The van der Waals surface area contributed by atoms with E-state index in [0.29, 0.717) is 21.8 Å². The van der Waals surface area contributed by atoms with E-state index in [1.54, 1.807) is 12.3 Å². The molecule has 0 aliphatic carbocycles. The summed E-state index contributed by atoms with van der Waals surface area (Å²) < 4.78 is 0. The van der Waals surface area contributed by atoms with Crippen LogP contribution in [0.15, 0.2) is 12.3 Å². The summed E-state index contributed by atoms with van der Waals surface area (Å²) in [6.07, 6.45) is 4.69. The van der Waals surface area contributed by atoms with Gasteiger partial charge in [-0.1, -0.05) is 32.4 Å². The summed E-state index contributed by atoms with van der Waals surface area (Å²) in [6.45, 7) is 9.01. The van der Waals surface area contributed by atoms with Gasteiger partial charge in [0.1, 0.15) is 5.82 Å². The van der Waals surface area contributed by atoms with Gasteiger partial charge in [0.2, 0.25) is 0 Å². The number of rotatable bonds is 4. The third kappa shape index (κ3) is 4.10. The number of carbonyl (C=O) groups is 1. The number of hydrogen-bond donors (Lipinski definition) is 1. The molecule has 2 rings (SSSR count). The first kappa shape index (κ1) is 16.1. The summed E-state index contributed by atoms with van der Waals surface area (Å²) in [6, 6.07) is 1.72. The Labute approximate surface area is 131 Å². The number of amides is 1. The first-order chi connectivity index (χ1) is 9.93. The predicted octanol–water partition coefficient (Wildman–Crippen LogP) is 3.82. The highest BCUT2D eigenvalue weighted by Crippen LogP contribution is 2.30. The highest BCUT2D eigenvalue weighted by Gasteiger charge is 2.28. The van der Waals surface area contributed by atoms with Crippen molar-refractivity contribution in [2.24, 2.45) is 5.41 Å². The average molecular weight is 310 g/mol. The molecule has 1 aliphatic heterocycles. The smallest absolute Gasteiger partial charge is 0.255 e. The number of anilines is 1. The average Bonchev–Trinajstić information content (AvgIpc) is 2.45. The van der Waals surface area contributed by atoms with Gasteiger partial charge in [0.05, 0.1) is 10.6 Å². The first-order valence-corrected chi connectivity index (χ1v) is 7.99. The normalized spacial score (nSPS) is 17.6. The number of halogens is 1. The van der Waals surface area contributed by atoms with E-state index in [1.807, 2.05) is 4.90 Å². The standard InChI is InChI=1S/C16H24ClN3O/c1-4-7-18-14-13(17)10-12(11-19-14)15(21)20-8-5-16(2,3)6-9-20/h10-11H,4-9H2,1-3H3,(H,18,19). The molecule has 1 aliphatic rings. The van der Waals surface area contributed by atoms with E-state index in [2.05, 4.69) is 31.1 Å². The number of pyridine rings is 1. The molecule has 1 saturated heterocycles. The Kier molecular flexibility index (Phi) is 5.09. The minimum atomic E-state index is 0.0296. The van der Waals surface area contributed by atoms with Crippen molar-refractivity contribution in [3.8, 4) is 0 Å². The highest BCUT2D eigenvalue weighted by molar-refractivity contribution is 6.33. The SMILES string of the molecule is CCCNc1ncc(C(=O)N2CCC(C)(C)CC2)cc1Cl. The Bertz CT molecular complexity index is 506. The van der Waals surface area contributed by atoms with Crippen molar-refractivity contribution >= 4 is 23.3 Å². The quantitative estimate of drug-likeness (QED) is 0.919. The highest BCUT2D eigenvalue weighted by atomic mass is 35.5. The Morgan fingerprint density at radius 1 is 1.43 bits per heavy atom. The third-order valence-corrected chi connectivity index (χ3v) is 4.32. The van der Waals surface area contributed by atoms with Crippen LogP contribution in [-0.4, -0.2) is 35.4 Å². The minimum Gasteiger partial charge on any atom is -0.369 e. The van der Waals surface area contributed by atoms with Gasteiger partial charge in [-0.2, -0.15) is 0 Å². The van der Waals surface area contributed by atoms with E-state index < -0.39 is 0 Å². The lowest BCUT2D eigenvalue weighted by molar-refractivity contribution is 0.0630.